The second-order valence-corrected chi connectivity index (χ2v) is 8.98. The number of hydrogen-bond donors (Lipinski definition) is 1. The number of ether oxygens (including phenoxy) is 2. The highest BCUT2D eigenvalue weighted by molar-refractivity contribution is 6.23. The zero-order chi connectivity index (χ0) is 25.4. The summed E-state index contributed by atoms with van der Waals surface area (Å²) in [5.41, 5.74) is 1.21. The van der Waals surface area contributed by atoms with E-state index in [1.165, 1.54) is 41.3 Å². The monoisotopic (exact) mass is 488 g/mol. The van der Waals surface area contributed by atoms with E-state index in [9.17, 15) is 24.0 Å². The maximum atomic E-state index is 13.0. The van der Waals surface area contributed by atoms with Gasteiger partial charge in [0.15, 0.2) is 6.61 Å². The second-order valence-electron chi connectivity index (χ2n) is 8.98. The molecule has 184 valence electrons. The van der Waals surface area contributed by atoms with Gasteiger partial charge in [0.05, 0.1) is 35.3 Å². The largest absolute Gasteiger partial charge is 0.462 e. The molecule has 4 atom stereocenters. The predicted molar refractivity (Wildman–Crippen MR) is 128 cm³/mol. The number of allylic oxidation sites excluding steroid dienone is 2. The number of amides is 3. The first-order valence-electron chi connectivity index (χ1n) is 11.8. The first kappa shape index (κ1) is 23.5. The van der Waals surface area contributed by atoms with E-state index in [4.69, 9.17) is 9.47 Å². The molecule has 2 fully saturated rings. The van der Waals surface area contributed by atoms with Crippen LogP contribution in [0.2, 0.25) is 0 Å². The Kier molecular flexibility index (Phi) is 6.13. The van der Waals surface area contributed by atoms with E-state index in [1.807, 2.05) is 12.2 Å². The second kappa shape index (κ2) is 9.41. The summed E-state index contributed by atoms with van der Waals surface area (Å²) in [6, 6.07) is 12.2. The molecule has 2 aliphatic carbocycles. The summed E-state index contributed by atoms with van der Waals surface area (Å²) in [6.45, 7) is 1.43. The van der Waals surface area contributed by atoms with E-state index in [0.29, 0.717) is 16.9 Å². The first-order chi connectivity index (χ1) is 17.4. The average Bonchev–Trinajstić information content (AvgIpc) is 3.56. The van der Waals surface area contributed by atoms with E-state index < -0.39 is 24.5 Å². The molecule has 1 saturated carbocycles. The van der Waals surface area contributed by atoms with E-state index in [0.717, 1.165) is 6.42 Å². The SMILES string of the molecule is CCOC(=O)c1ccc(NC(=O)COC(=O)c2cccc(N3C(=O)[C@H]4[C@H](C3=O)[C@H]3C=C[C@H]4C3)c2)cc1. The number of hydrogen-bond acceptors (Lipinski definition) is 7. The minimum absolute atomic E-state index is 0.0921. The number of esters is 2. The van der Waals surface area contributed by atoms with Crippen LogP contribution in [0.5, 0.6) is 0 Å². The first-order valence-corrected chi connectivity index (χ1v) is 11.8. The molecule has 1 heterocycles. The van der Waals surface area contributed by atoms with Crippen LogP contribution in [0.3, 0.4) is 0 Å². The molecule has 3 amide bonds. The summed E-state index contributed by atoms with van der Waals surface area (Å²) < 4.78 is 10.0. The van der Waals surface area contributed by atoms with Gasteiger partial charge in [0.25, 0.3) is 5.91 Å². The van der Waals surface area contributed by atoms with Gasteiger partial charge in [-0.05, 0) is 67.6 Å². The third-order valence-corrected chi connectivity index (χ3v) is 6.82. The lowest BCUT2D eigenvalue weighted by Crippen LogP contribution is -2.33. The van der Waals surface area contributed by atoms with Gasteiger partial charge in [0.2, 0.25) is 11.8 Å². The van der Waals surface area contributed by atoms with E-state index >= 15 is 0 Å². The molecule has 2 aromatic rings. The third-order valence-electron chi connectivity index (χ3n) is 6.82. The quantitative estimate of drug-likeness (QED) is 0.362. The van der Waals surface area contributed by atoms with Crippen LogP contribution in [0.1, 0.15) is 34.1 Å². The lowest BCUT2D eigenvalue weighted by molar-refractivity contribution is -0.123. The Morgan fingerprint density at radius 1 is 0.889 bits per heavy atom. The smallest absolute Gasteiger partial charge is 0.338 e. The van der Waals surface area contributed by atoms with Gasteiger partial charge in [-0.3, -0.25) is 14.4 Å². The van der Waals surface area contributed by atoms with Crippen molar-refractivity contribution in [1.82, 2.24) is 0 Å². The Hall–Kier alpha value is -4.27. The number of rotatable bonds is 7. The lowest BCUT2D eigenvalue weighted by atomic mass is 9.85. The summed E-state index contributed by atoms with van der Waals surface area (Å²) in [5, 5.41) is 2.58. The van der Waals surface area contributed by atoms with Crippen LogP contribution < -0.4 is 10.2 Å². The number of anilines is 2. The maximum absolute atomic E-state index is 13.0. The molecule has 0 aromatic heterocycles. The highest BCUT2D eigenvalue weighted by Crippen LogP contribution is 2.53. The highest BCUT2D eigenvalue weighted by atomic mass is 16.5. The molecular weight excluding hydrogens is 464 g/mol. The van der Waals surface area contributed by atoms with Crippen LogP contribution in [0, 0.1) is 23.7 Å². The molecule has 9 heteroatoms. The summed E-state index contributed by atoms with van der Waals surface area (Å²) in [6.07, 6.45) is 4.88. The molecule has 3 aliphatic rings. The summed E-state index contributed by atoms with van der Waals surface area (Å²) in [7, 11) is 0. The molecule has 9 nitrogen and oxygen atoms in total. The van der Waals surface area contributed by atoms with Crippen molar-refractivity contribution in [2.24, 2.45) is 23.7 Å². The third kappa shape index (κ3) is 4.17. The number of imide groups is 1. The molecule has 0 unspecified atom stereocenters. The van der Waals surface area contributed by atoms with Crippen molar-refractivity contribution >= 4 is 41.0 Å². The zero-order valence-corrected chi connectivity index (χ0v) is 19.5. The lowest BCUT2D eigenvalue weighted by Gasteiger charge is -2.18. The van der Waals surface area contributed by atoms with Gasteiger partial charge in [-0.1, -0.05) is 18.2 Å². The van der Waals surface area contributed by atoms with E-state index in [1.54, 1.807) is 19.1 Å². The van der Waals surface area contributed by atoms with Crippen LogP contribution in [0.4, 0.5) is 11.4 Å². The molecule has 5 rings (SSSR count). The average molecular weight is 488 g/mol. The summed E-state index contributed by atoms with van der Waals surface area (Å²) >= 11 is 0. The molecule has 0 spiro atoms. The number of carbonyl (C=O) groups is 5. The van der Waals surface area contributed by atoms with Gasteiger partial charge in [-0.2, -0.15) is 0 Å². The van der Waals surface area contributed by atoms with Gasteiger partial charge in [-0.15, -0.1) is 0 Å². The number of carbonyl (C=O) groups excluding carboxylic acids is 5. The molecule has 2 bridgehead atoms. The number of fused-ring (bicyclic) bond motifs is 5. The van der Waals surface area contributed by atoms with Crippen molar-refractivity contribution < 1.29 is 33.4 Å². The van der Waals surface area contributed by atoms with Gasteiger partial charge in [0.1, 0.15) is 0 Å². The number of nitrogens with zero attached hydrogens (tertiary/aromatic N) is 1. The van der Waals surface area contributed by atoms with Gasteiger partial charge < -0.3 is 14.8 Å². The topological polar surface area (TPSA) is 119 Å². The van der Waals surface area contributed by atoms with E-state index in [2.05, 4.69) is 5.32 Å². The van der Waals surface area contributed by atoms with Crippen molar-refractivity contribution in [2.45, 2.75) is 13.3 Å². The van der Waals surface area contributed by atoms with Gasteiger partial charge in [-0.25, -0.2) is 14.5 Å². The van der Waals surface area contributed by atoms with Crippen molar-refractivity contribution in [3.8, 4) is 0 Å². The Morgan fingerprint density at radius 3 is 2.17 bits per heavy atom. The minimum Gasteiger partial charge on any atom is -0.462 e. The van der Waals surface area contributed by atoms with Crippen molar-refractivity contribution in [1.29, 1.82) is 0 Å². The zero-order valence-electron chi connectivity index (χ0n) is 19.5. The minimum atomic E-state index is -0.759. The molecular formula is C27H24N2O7. The Morgan fingerprint density at radius 2 is 1.53 bits per heavy atom. The fourth-order valence-corrected chi connectivity index (χ4v) is 5.24. The van der Waals surface area contributed by atoms with Crippen molar-refractivity contribution in [2.75, 3.05) is 23.4 Å². The molecule has 36 heavy (non-hydrogen) atoms. The van der Waals surface area contributed by atoms with Crippen molar-refractivity contribution in [3.05, 3.63) is 71.8 Å². The van der Waals surface area contributed by atoms with Crippen LogP contribution >= 0.6 is 0 Å². The molecule has 1 N–H and O–H groups in total. The van der Waals surface area contributed by atoms with Gasteiger partial charge in [0, 0.05) is 5.69 Å². The van der Waals surface area contributed by atoms with Crippen LogP contribution in [-0.4, -0.2) is 42.9 Å². The Labute approximate surface area is 207 Å². The summed E-state index contributed by atoms with van der Waals surface area (Å²) in [5.74, 6) is -2.74. The molecule has 1 aliphatic heterocycles. The van der Waals surface area contributed by atoms with Gasteiger partial charge >= 0.3 is 11.9 Å². The fraction of sp³-hybridized carbons (Fsp3) is 0.296. The Balaban J connectivity index is 1.19. The van der Waals surface area contributed by atoms with Crippen LogP contribution in [0.15, 0.2) is 60.7 Å². The Bertz CT molecular complexity index is 1250. The molecule has 2 aromatic carbocycles. The fourth-order valence-electron chi connectivity index (χ4n) is 5.24. The highest BCUT2D eigenvalue weighted by Gasteiger charge is 2.59. The normalized spacial score (nSPS) is 23.5. The molecule has 1 saturated heterocycles. The molecule has 0 radical (unpaired) electrons. The standard InChI is InChI=1S/C27H24N2O7/c1-2-35-26(33)15-8-10-19(11-9-15)28-21(30)14-36-27(34)18-4-3-5-20(13-18)29-24(31)22-16-6-7-17(12-16)23(22)25(29)32/h3-11,13,16-17,22-23H,2,12,14H2,1H3,(H,28,30)/t16-,17-,22+,23+/m0/s1. The predicted octanol–water partition coefficient (Wildman–Crippen LogP) is 2.97. The van der Waals surface area contributed by atoms with Crippen LogP contribution in [0.25, 0.3) is 0 Å². The van der Waals surface area contributed by atoms with Crippen LogP contribution in [-0.2, 0) is 23.9 Å². The van der Waals surface area contributed by atoms with Crippen molar-refractivity contribution in [3.63, 3.8) is 0 Å². The summed E-state index contributed by atoms with van der Waals surface area (Å²) in [4.78, 5) is 63.7. The number of nitrogens with one attached hydrogen (secondary N) is 1. The van der Waals surface area contributed by atoms with E-state index in [-0.39, 0.29) is 47.7 Å². The number of benzene rings is 2. The maximum Gasteiger partial charge on any atom is 0.338 e.